The van der Waals surface area contributed by atoms with Gasteiger partial charge in [-0.15, -0.1) is 0 Å². The number of nitrogens with one attached hydrogen (secondary N) is 1. The van der Waals surface area contributed by atoms with Crippen LogP contribution in [0.4, 0.5) is 0 Å². The molecule has 158 valence electrons. The molecule has 2 unspecified atom stereocenters. The van der Waals surface area contributed by atoms with Crippen molar-refractivity contribution in [2.24, 2.45) is 11.8 Å². The van der Waals surface area contributed by atoms with E-state index in [1.165, 1.54) is 48.0 Å². The van der Waals surface area contributed by atoms with Crippen LogP contribution < -0.4 is 5.32 Å². The van der Waals surface area contributed by atoms with Crippen molar-refractivity contribution in [3.63, 3.8) is 0 Å². The highest BCUT2D eigenvalue weighted by Gasteiger charge is 2.26. The van der Waals surface area contributed by atoms with Crippen LogP contribution in [0.2, 0.25) is 0 Å². The Morgan fingerprint density at radius 2 is 1.52 bits per heavy atom. The van der Waals surface area contributed by atoms with E-state index in [1.807, 2.05) is 13.8 Å². The average molecular weight is 392 g/mol. The van der Waals surface area contributed by atoms with E-state index >= 15 is 0 Å². The van der Waals surface area contributed by atoms with E-state index in [9.17, 15) is 0 Å². The predicted molar refractivity (Wildman–Crippen MR) is 132 cm³/mol. The van der Waals surface area contributed by atoms with E-state index in [2.05, 4.69) is 93.5 Å². The Labute approximate surface area is 180 Å². The third-order valence-corrected chi connectivity index (χ3v) is 5.95. The topological polar surface area (TPSA) is 12.0 Å². The normalized spacial score (nSPS) is 16.2. The van der Waals surface area contributed by atoms with Crippen molar-refractivity contribution in [1.29, 1.82) is 0 Å². The SMILES string of the molecule is C=C(/C(=C(/C)C(NC)C(C)CCC1CC1)c1ccccc1)c1ccccc1.CC.[HH]. The Bertz CT molecular complexity index is 775. The highest BCUT2D eigenvalue weighted by atomic mass is 14.9. The van der Waals surface area contributed by atoms with E-state index in [4.69, 9.17) is 0 Å². The highest BCUT2D eigenvalue weighted by molar-refractivity contribution is 6.05. The molecule has 0 heterocycles. The summed E-state index contributed by atoms with van der Waals surface area (Å²) in [6.07, 6.45) is 5.53. The number of rotatable bonds is 9. The van der Waals surface area contributed by atoms with Crippen LogP contribution in [-0.2, 0) is 0 Å². The molecule has 0 aliphatic heterocycles. The summed E-state index contributed by atoms with van der Waals surface area (Å²) in [5.41, 5.74) is 6.21. The summed E-state index contributed by atoms with van der Waals surface area (Å²) in [4.78, 5) is 0. The summed E-state index contributed by atoms with van der Waals surface area (Å²) in [5.74, 6) is 1.60. The Hall–Kier alpha value is -2.12. The Kier molecular flexibility index (Phi) is 9.41. The fraction of sp³-hybridized carbons (Fsp3) is 0.429. The molecule has 1 heteroatoms. The first kappa shape index (κ1) is 23.2. The van der Waals surface area contributed by atoms with Crippen LogP contribution in [0.1, 0.15) is 65.9 Å². The zero-order chi connectivity index (χ0) is 21.2. The Balaban J connectivity index is 0.00000146. The van der Waals surface area contributed by atoms with Gasteiger partial charge in [-0.25, -0.2) is 0 Å². The molecule has 0 bridgehead atoms. The summed E-state index contributed by atoms with van der Waals surface area (Å²) in [7, 11) is 2.09. The van der Waals surface area contributed by atoms with Gasteiger partial charge in [0.2, 0.25) is 0 Å². The van der Waals surface area contributed by atoms with Crippen LogP contribution in [0, 0.1) is 11.8 Å². The Morgan fingerprint density at radius 1 is 1.00 bits per heavy atom. The van der Waals surface area contributed by atoms with Gasteiger partial charge in [-0.3, -0.25) is 0 Å². The van der Waals surface area contributed by atoms with Crippen molar-refractivity contribution >= 4 is 11.1 Å². The summed E-state index contributed by atoms with van der Waals surface area (Å²) in [5, 5.41) is 3.60. The lowest BCUT2D eigenvalue weighted by Gasteiger charge is -2.28. The summed E-state index contributed by atoms with van der Waals surface area (Å²) in [6, 6.07) is 21.6. The van der Waals surface area contributed by atoms with Gasteiger partial charge in [-0.1, -0.05) is 107 Å². The fourth-order valence-electron chi connectivity index (χ4n) is 4.18. The largest absolute Gasteiger partial charge is 0.313 e. The first-order chi connectivity index (χ1) is 14.1. The number of allylic oxidation sites excluding steroid dienone is 2. The standard InChI is InChI=1S/C26H33N.C2H6.H2/c1-19(15-16-22-17-18-22)26(27-4)21(3)25(24-13-9-6-10-14-24)20(2)23-11-7-5-8-12-23;1-2;/h5-14,19,22,26-27H,2,15-18H2,1,3-4H3;1-2H3;1H/b25-21+;;. The number of likely N-dealkylation sites (N-methyl/N-ethyl adjacent to an activating group) is 1. The molecule has 1 N–H and O–H groups in total. The van der Waals surface area contributed by atoms with Gasteiger partial charge in [0.1, 0.15) is 0 Å². The minimum atomic E-state index is 0. The minimum Gasteiger partial charge on any atom is -0.313 e. The number of benzene rings is 2. The van der Waals surface area contributed by atoms with Crippen LogP contribution in [0.25, 0.3) is 11.1 Å². The first-order valence-corrected chi connectivity index (χ1v) is 11.3. The van der Waals surface area contributed by atoms with Crippen molar-refractivity contribution in [2.45, 2.75) is 59.4 Å². The smallest absolute Gasteiger partial charge is 0.0309 e. The molecule has 1 fully saturated rings. The zero-order valence-electron chi connectivity index (χ0n) is 19.0. The molecule has 2 aromatic carbocycles. The molecule has 0 aromatic heterocycles. The van der Waals surface area contributed by atoms with Gasteiger partial charge in [0, 0.05) is 7.47 Å². The molecule has 2 aromatic rings. The first-order valence-electron chi connectivity index (χ1n) is 11.3. The predicted octanol–water partition coefficient (Wildman–Crippen LogP) is 7.86. The number of hydrogen-bond donors (Lipinski definition) is 1. The van der Waals surface area contributed by atoms with Crippen LogP contribution in [0.5, 0.6) is 0 Å². The molecule has 2 atom stereocenters. The summed E-state index contributed by atoms with van der Waals surface area (Å²) >= 11 is 0. The van der Waals surface area contributed by atoms with Gasteiger partial charge in [0.15, 0.2) is 0 Å². The van der Waals surface area contributed by atoms with Gasteiger partial charge >= 0.3 is 0 Å². The maximum absolute atomic E-state index is 4.50. The van der Waals surface area contributed by atoms with Crippen LogP contribution in [0.3, 0.4) is 0 Å². The molecule has 0 radical (unpaired) electrons. The van der Waals surface area contributed by atoms with Crippen LogP contribution in [-0.4, -0.2) is 13.1 Å². The van der Waals surface area contributed by atoms with Crippen molar-refractivity contribution in [1.82, 2.24) is 5.32 Å². The molecule has 1 aliphatic rings. The molecule has 1 saturated carbocycles. The maximum atomic E-state index is 4.50. The highest BCUT2D eigenvalue weighted by Crippen LogP contribution is 2.38. The molecular weight excluding hydrogens is 350 g/mol. The van der Waals surface area contributed by atoms with E-state index in [0.29, 0.717) is 12.0 Å². The van der Waals surface area contributed by atoms with E-state index in [0.717, 1.165) is 11.5 Å². The van der Waals surface area contributed by atoms with E-state index in [1.54, 1.807) is 0 Å². The van der Waals surface area contributed by atoms with Gasteiger partial charge < -0.3 is 5.32 Å². The zero-order valence-corrected chi connectivity index (χ0v) is 19.0. The second kappa shape index (κ2) is 11.8. The van der Waals surface area contributed by atoms with Gasteiger partial charge in [0.25, 0.3) is 0 Å². The Morgan fingerprint density at radius 3 is 2.00 bits per heavy atom. The molecule has 0 amide bonds. The van der Waals surface area contributed by atoms with Gasteiger partial charge in [-0.2, -0.15) is 0 Å². The molecule has 0 saturated heterocycles. The lowest BCUT2D eigenvalue weighted by molar-refractivity contribution is 0.398. The summed E-state index contributed by atoms with van der Waals surface area (Å²) in [6.45, 7) is 13.2. The quantitative estimate of drug-likeness (QED) is 0.429. The number of hydrogen-bond acceptors (Lipinski definition) is 1. The lowest BCUT2D eigenvalue weighted by Crippen LogP contribution is -2.34. The monoisotopic (exact) mass is 391 g/mol. The fourth-order valence-corrected chi connectivity index (χ4v) is 4.18. The maximum Gasteiger partial charge on any atom is 0.0309 e. The van der Waals surface area contributed by atoms with Crippen LogP contribution >= 0.6 is 0 Å². The van der Waals surface area contributed by atoms with Crippen molar-refractivity contribution in [3.05, 3.63) is 83.9 Å². The molecular formula is C28H41N. The minimum absolute atomic E-state index is 0. The molecule has 0 spiro atoms. The van der Waals surface area contributed by atoms with Gasteiger partial charge in [0.05, 0.1) is 0 Å². The summed E-state index contributed by atoms with van der Waals surface area (Å²) < 4.78 is 0. The van der Waals surface area contributed by atoms with Crippen LogP contribution in [0.15, 0.2) is 72.8 Å². The van der Waals surface area contributed by atoms with Gasteiger partial charge in [-0.05, 0) is 60.1 Å². The lowest BCUT2D eigenvalue weighted by atomic mass is 9.83. The second-order valence-corrected chi connectivity index (χ2v) is 8.03. The van der Waals surface area contributed by atoms with E-state index in [-0.39, 0.29) is 1.43 Å². The molecule has 1 aliphatic carbocycles. The molecule has 3 rings (SSSR count). The second-order valence-electron chi connectivity index (χ2n) is 8.03. The van der Waals surface area contributed by atoms with E-state index < -0.39 is 0 Å². The molecule has 1 nitrogen and oxygen atoms in total. The van der Waals surface area contributed by atoms with Crippen molar-refractivity contribution < 1.29 is 1.43 Å². The van der Waals surface area contributed by atoms with Crippen molar-refractivity contribution in [2.75, 3.05) is 7.05 Å². The third kappa shape index (κ3) is 6.44. The van der Waals surface area contributed by atoms with Crippen molar-refractivity contribution in [3.8, 4) is 0 Å². The third-order valence-electron chi connectivity index (χ3n) is 5.95. The molecule has 29 heavy (non-hydrogen) atoms. The average Bonchev–Trinajstić information content (AvgIpc) is 3.60.